The van der Waals surface area contributed by atoms with E-state index in [2.05, 4.69) is 76.4 Å². The Balaban J connectivity index is 1.78. The second-order valence-corrected chi connectivity index (χ2v) is 4.98. The standard InChI is InChI=1S/C18H19N3/c1-2-21(14-15-6-4-3-5-7-15)17-10-8-16(9-11-17)18-19-12-13-20-18/h3-13H,2,14H2,1H3,(H,19,20). The molecule has 0 aliphatic carbocycles. The SMILES string of the molecule is CCN(Cc1ccccc1)c1ccc(-c2ncc[nH]2)cc1. The zero-order chi connectivity index (χ0) is 14.5. The molecule has 0 spiro atoms. The third kappa shape index (κ3) is 3.14. The van der Waals surface area contributed by atoms with Crippen LogP contribution in [0.15, 0.2) is 67.0 Å². The highest BCUT2D eigenvalue weighted by molar-refractivity contribution is 5.60. The molecule has 0 amide bonds. The Kier molecular flexibility index (Phi) is 4.01. The average molecular weight is 277 g/mol. The number of imidazole rings is 1. The summed E-state index contributed by atoms with van der Waals surface area (Å²) in [4.78, 5) is 9.77. The van der Waals surface area contributed by atoms with Crippen LogP contribution in [0, 0.1) is 0 Å². The summed E-state index contributed by atoms with van der Waals surface area (Å²) in [6.07, 6.45) is 3.62. The molecule has 106 valence electrons. The number of benzene rings is 2. The molecule has 0 fully saturated rings. The molecule has 0 aliphatic rings. The van der Waals surface area contributed by atoms with Gasteiger partial charge in [0.2, 0.25) is 0 Å². The predicted molar refractivity (Wildman–Crippen MR) is 87.2 cm³/mol. The van der Waals surface area contributed by atoms with E-state index < -0.39 is 0 Å². The molecule has 0 atom stereocenters. The van der Waals surface area contributed by atoms with Crippen LogP contribution in [0.25, 0.3) is 11.4 Å². The first kappa shape index (κ1) is 13.4. The van der Waals surface area contributed by atoms with Crippen LogP contribution in [0.1, 0.15) is 12.5 Å². The van der Waals surface area contributed by atoms with Crippen molar-refractivity contribution in [3.63, 3.8) is 0 Å². The first-order valence-electron chi connectivity index (χ1n) is 7.25. The van der Waals surface area contributed by atoms with E-state index in [4.69, 9.17) is 0 Å². The van der Waals surface area contributed by atoms with Gasteiger partial charge in [0.25, 0.3) is 0 Å². The summed E-state index contributed by atoms with van der Waals surface area (Å²) in [5, 5.41) is 0. The Labute approximate surface area is 125 Å². The molecule has 3 aromatic rings. The van der Waals surface area contributed by atoms with Gasteiger partial charge in [-0.3, -0.25) is 0 Å². The fourth-order valence-electron chi connectivity index (χ4n) is 2.44. The molecule has 0 radical (unpaired) electrons. The molecule has 0 unspecified atom stereocenters. The molecular formula is C18H19N3. The van der Waals surface area contributed by atoms with Crippen molar-refractivity contribution < 1.29 is 0 Å². The van der Waals surface area contributed by atoms with E-state index in [0.29, 0.717) is 0 Å². The molecule has 21 heavy (non-hydrogen) atoms. The summed E-state index contributed by atoms with van der Waals surface area (Å²) < 4.78 is 0. The second kappa shape index (κ2) is 6.27. The number of hydrogen-bond donors (Lipinski definition) is 1. The maximum Gasteiger partial charge on any atom is 0.137 e. The Hall–Kier alpha value is -2.55. The minimum Gasteiger partial charge on any atom is -0.367 e. The van der Waals surface area contributed by atoms with Gasteiger partial charge in [0, 0.05) is 36.7 Å². The number of H-pyrrole nitrogens is 1. The van der Waals surface area contributed by atoms with E-state index in [1.54, 1.807) is 6.20 Å². The highest BCUT2D eigenvalue weighted by Crippen LogP contribution is 2.21. The number of aromatic amines is 1. The maximum atomic E-state index is 4.28. The fourth-order valence-corrected chi connectivity index (χ4v) is 2.44. The van der Waals surface area contributed by atoms with Crippen LogP contribution in [-0.4, -0.2) is 16.5 Å². The first-order chi connectivity index (χ1) is 10.4. The Bertz CT molecular complexity index is 657. The van der Waals surface area contributed by atoms with Gasteiger partial charge in [0.15, 0.2) is 0 Å². The molecule has 3 rings (SSSR count). The van der Waals surface area contributed by atoms with Crippen LogP contribution in [0.5, 0.6) is 0 Å². The number of rotatable bonds is 5. The van der Waals surface area contributed by atoms with Gasteiger partial charge < -0.3 is 9.88 Å². The first-order valence-corrected chi connectivity index (χ1v) is 7.25. The topological polar surface area (TPSA) is 31.9 Å². The molecule has 0 bridgehead atoms. The van der Waals surface area contributed by atoms with E-state index in [-0.39, 0.29) is 0 Å². The fraction of sp³-hybridized carbons (Fsp3) is 0.167. The Morgan fingerprint density at radius 3 is 2.38 bits per heavy atom. The van der Waals surface area contributed by atoms with Crippen molar-refractivity contribution in [2.75, 3.05) is 11.4 Å². The third-order valence-electron chi connectivity index (χ3n) is 3.60. The minimum atomic E-state index is 0.910. The van der Waals surface area contributed by atoms with Crippen molar-refractivity contribution in [3.05, 3.63) is 72.6 Å². The molecule has 0 aliphatic heterocycles. The quantitative estimate of drug-likeness (QED) is 0.761. The maximum absolute atomic E-state index is 4.28. The van der Waals surface area contributed by atoms with E-state index in [1.165, 1.54) is 11.3 Å². The Morgan fingerprint density at radius 1 is 1.00 bits per heavy atom. The monoisotopic (exact) mass is 277 g/mol. The Morgan fingerprint density at radius 2 is 1.76 bits per heavy atom. The van der Waals surface area contributed by atoms with Crippen LogP contribution in [-0.2, 0) is 6.54 Å². The summed E-state index contributed by atoms with van der Waals surface area (Å²) >= 11 is 0. The largest absolute Gasteiger partial charge is 0.367 e. The van der Waals surface area contributed by atoms with Crippen LogP contribution in [0.3, 0.4) is 0 Å². The zero-order valence-electron chi connectivity index (χ0n) is 12.2. The van der Waals surface area contributed by atoms with E-state index in [0.717, 1.165) is 24.5 Å². The van der Waals surface area contributed by atoms with Crippen LogP contribution in [0.4, 0.5) is 5.69 Å². The normalized spacial score (nSPS) is 10.5. The van der Waals surface area contributed by atoms with E-state index >= 15 is 0 Å². The molecule has 0 saturated carbocycles. The number of anilines is 1. The van der Waals surface area contributed by atoms with Crippen molar-refractivity contribution in [1.29, 1.82) is 0 Å². The molecular weight excluding hydrogens is 258 g/mol. The average Bonchev–Trinajstić information content (AvgIpc) is 3.08. The number of aromatic nitrogens is 2. The van der Waals surface area contributed by atoms with Crippen molar-refractivity contribution in [1.82, 2.24) is 9.97 Å². The van der Waals surface area contributed by atoms with Gasteiger partial charge in [-0.15, -0.1) is 0 Å². The van der Waals surface area contributed by atoms with Crippen LogP contribution < -0.4 is 4.90 Å². The molecule has 3 heteroatoms. The molecule has 0 saturated heterocycles. The summed E-state index contributed by atoms with van der Waals surface area (Å²) in [6, 6.07) is 19.1. The van der Waals surface area contributed by atoms with Gasteiger partial charge in [-0.1, -0.05) is 30.3 Å². The highest BCUT2D eigenvalue weighted by atomic mass is 15.1. The molecule has 1 N–H and O–H groups in total. The highest BCUT2D eigenvalue weighted by Gasteiger charge is 2.06. The molecule has 2 aromatic carbocycles. The lowest BCUT2D eigenvalue weighted by molar-refractivity contribution is 0.832. The van der Waals surface area contributed by atoms with E-state index in [9.17, 15) is 0 Å². The lowest BCUT2D eigenvalue weighted by atomic mass is 10.1. The van der Waals surface area contributed by atoms with Gasteiger partial charge in [-0.25, -0.2) is 4.98 Å². The smallest absolute Gasteiger partial charge is 0.137 e. The lowest BCUT2D eigenvalue weighted by Crippen LogP contribution is -2.21. The van der Waals surface area contributed by atoms with Gasteiger partial charge >= 0.3 is 0 Å². The van der Waals surface area contributed by atoms with Crippen molar-refractivity contribution in [2.24, 2.45) is 0 Å². The third-order valence-corrected chi connectivity index (χ3v) is 3.60. The molecule has 1 heterocycles. The van der Waals surface area contributed by atoms with Crippen LogP contribution >= 0.6 is 0 Å². The van der Waals surface area contributed by atoms with Crippen molar-refractivity contribution >= 4 is 5.69 Å². The van der Waals surface area contributed by atoms with Gasteiger partial charge in [-0.05, 0) is 36.8 Å². The number of hydrogen-bond acceptors (Lipinski definition) is 2. The van der Waals surface area contributed by atoms with Crippen molar-refractivity contribution in [2.45, 2.75) is 13.5 Å². The van der Waals surface area contributed by atoms with E-state index in [1.807, 2.05) is 6.20 Å². The van der Waals surface area contributed by atoms with Crippen molar-refractivity contribution in [3.8, 4) is 11.4 Å². The molecule has 3 nitrogen and oxygen atoms in total. The predicted octanol–water partition coefficient (Wildman–Crippen LogP) is 4.10. The van der Waals surface area contributed by atoms with Gasteiger partial charge in [0.1, 0.15) is 5.82 Å². The summed E-state index contributed by atoms with van der Waals surface area (Å²) in [7, 11) is 0. The second-order valence-electron chi connectivity index (χ2n) is 4.98. The number of nitrogens with one attached hydrogen (secondary N) is 1. The van der Waals surface area contributed by atoms with Gasteiger partial charge in [0.05, 0.1) is 0 Å². The zero-order valence-corrected chi connectivity index (χ0v) is 12.2. The summed E-state index contributed by atoms with van der Waals surface area (Å²) in [5.41, 5.74) is 3.67. The summed E-state index contributed by atoms with van der Waals surface area (Å²) in [6.45, 7) is 4.09. The molecule has 1 aromatic heterocycles. The lowest BCUT2D eigenvalue weighted by Gasteiger charge is -2.23. The summed E-state index contributed by atoms with van der Waals surface area (Å²) in [5.74, 6) is 0.910. The van der Waals surface area contributed by atoms with Crippen LogP contribution in [0.2, 0.25) is 0 Å². The number of nitrogens with zero attached hydrogens (tertiary/aromatic N) is 2. The van der Waals surface area contributed by atoms with Gasteiger partial charge in [-0.2, -0.15) is 0 Å². The minimum absolute atomic E-state index is 0.910.